The highest BCUT2D eigenvalue weighted by Gasteiger charge is 2.59. The number of aliphatic carboxylic acids is 2. The van der Waals surface area contributed by atoms with Crippen molar-refractivity contribution < 1.29 is 34.0 Å². The number of carbonyl (C=O) groups is 2. The summed E-state index contributed by atoms with van der Waals surface area (Å²) in [6.45, 7) is 0.110. The van der Waals surface area contributed by atoms with Crippen LogP contribution >= 0.6 is 0 Å². The topological polar surface area (TPSA) is 102 Å². The van der Waals surface area contributed by atoms with E-state index in [0.717, 1.165) is 0 Å². The van der Waals surface area contributed by atoms with Crippen LogP contribution in [0.2, 0.25) is 0 Å². The SMILES string of the molecule is O=C(O)[C@@H]1[C@H](C(=O)O)[C@H]2O[C@@H]1c1cc3c(cc12)OCO3. The second kappa shape index (κ2) is 3.63. The van der Waals surface area contributed by atoms with Crippen LogP contribution in [0.4, 0.5) is 0 Å². The summed E-state index contributed by atoms with van der Waals surface area (Å²) in [6, 6.07) is 3.38. The Kier molecular flexibility index (Phi) is 2.10. The van der Waals surface area contributed by atoms with Crippen molar-refractivity contribution in [3.63, 3.8) is 0 Å². The molecular weight excluding hydrogens is 268 g/mol. The Morgan fingerprint density at radius 1 is 0.950 bits per heavy atom. The Bertz CT molecular complexity index is 585. The van der Waals surface area contributed by atoms with E-state index in [0.29, 0.717) is 22.6 Å². The van der Waals surface area contributed by atoms with Gasteiger partial charge in [-0.25, -0.2) is 0 Å². The lowest BCUT2D eigenvalue weighted by Gasteiger charge is -2.23. The zero-order valence-corrected chi connectivity index (χ0v) is 10.1. The molecule has 3 aliphatic rings. The van der Waals surface area contributed by atoms with Crippen molar-refractivity contribution in [2.45, 2.75) is 12.2 Å². The summed E-state index contributed by atoms with van der Waals surface area (Å²) >= 11 is 0. The molecule has 7 heteroatoms. The third-order valence-electron chi connectivity index (χ3n) is 4.09. The van der Waals surface area contributed by atoms with E-state index in [1.165, 1.54) is 0 Å². The molecule has 1 saturated heterocycles. The Labute approximate surface area is 112 Å². The molecule has 0 amide bonds. The van der Waals surface area contributed by atoms with E-state index in [2.05, 4.69) is 0 Å². The number of hydrogen-bond donors (Lipinski definition) is 2. The van der Waals surface area contributed by atoms with Crippen molar-refractivity contribution in [2.24, 2.45) is 11.8 Å². The number of carboxylic acid groups (broad SMARTS) is 2. The van der Waals surface area contributed by atoms with Crippen molar-refractivity contribution >= 4 is 11.9 Å². The number of carboxylic acids is 2. The highest BCUT2D eigenvalue weighted by atomic mass is 16.7. The first-order valence-electron chi connectivity index (χ1n) is 6.12. The minimum Gasteiger partial charge on any atom is -0.481 e. The first kappa shape index (κ1) is 11.5. The van der Waals surface area contributed by atoms with Gasteiger partial charge >= 0.3 is 11.9 Å². The lowest BCUT2D eigenvalue weighted by atomic mass is 9.75. The molecule has 4 rings (SSSR count). The highest BCUT2D eigenvalue weighted by Crippen LogP contribution is 2.59. The van der Waals surface area contributed by atoms with Crippen molar-refractivity contribution in [3.8, 4) is 11.5 Å². The fraction of sp³-hybridized carbons (Fsp3) is 0.385. The number of ether oxygens (including phenoxy) is 3. The summed E-state index contributed by atoms with van der Waals surface area (Å²) in [4.78, 5) is 22.7. The maximum Gasteiger partial charge on any atom is 0.310 e. The quantitative estimate of drug-likeness (QED) is 0.829. The molecule has 7 nitrogen and oxygen atoms in total. The lowest BCUT2D eigenvalue weighted by molar-refractivity contribution is -0.153. The summed E-state index contributed by atoms with van der Waals surface area (Å²) in [5.74, 6) is -3.40. The molecule has 0 unspecified atom stereocenters. The Morgan fingerprint density at radius 3 is 1.80 bits per heavy atom. The monoisotopic (exact) mass is 278 g/mol. The number of hydrogen-bond acceptors (Lipinski definition) is 5. The van der Waals surface area contributed by atoms with Crippen molar-refractivity contribution in [3.05, 3.63) is 23.3 Å². The Morgan fingerprint density at radius 2 is 1.40 bits per heavy atom. The largest absolute Gasteiger partial charge is 0.481 e. The van der Waals surface area contributed by atoms with Gasteiger partial charge in [0.25, 0.3) is 0 Å². The molecule has 0 spiro atoms. The molecule has 0 saturated carbocycles. The van der Waals surface area contributed by atoms with Crippen LogP contribution in [-0.4, -0.2) is 28.9 Å². The fourth-order valence-corrected chi connectivity index (χ4v) is 3.27. The highest BCUT2D eigenvalue weighted by molar-refractivity contribution is 5.83. The zero-order chi connectivity index (χ0) is 14.0. The predicted molar refractivity (Wildman–Crippen MR) is 61.4 cm³/mol. The molecule has 104 valence electrons. The maximum atomic E-state index is 11.4. The van der Waals surface area contributed by atoms with Crippen LogP contribution in [0.15, 0.2) is 12.1 Å². The Balaban J connectivity index is 1.86. The predicted octanol–water partition coefficient (Wildman–Crippen LogP) is 0.943. The van der Waals surface area contributed by atoms with Crippen LogP contribution in [-0.2, 0) is 14.3 Å². The van der Waals surface area contributed by atoms with Gasteiger partial charge in [-0.15, -0.1) is 0 Å². The second-order valence-corrected chi connectivity index (χ2v) is 5.04. The molecule has 3 heterocycles. The zero-order valence-electron chi connectivity index (χ0n) is 10.1. The maximum absolute atomic E-state index is 11.4. The average molecular weight is 278 g/mol. The first-order valence-corrected chi connectivity index (χ1v) is 6.12. The molecular formula is C13H10O7. The molecule has 2 bridgehead atoms. The van der Waals surface area contributed by atoms with Gasteiger partial charge in [-0.2, -0.15) is 0 Å². The normalized spacial score (nSPS) is 32.2. The summed E-state index contributed by atoms with van der Waals surface area (Å²) in [7, 11) is 0. The standard InChI is InChI=1S/C13H10O7/c14-12(15)8-9(13(16)17)11-5-2-7-6(18-3-19-7)1-4(5)10(8)20-11/h1-2,8-11H,3H2,(H,14,15)(H,16,17)/t8-,9+,10-,11+. The Hall–Kier alpha value is -2.28. The fourth-order valence-electron chi connectivity index (χ4n) is 3.27. The molecule has 20 heavy (non-hydrogen) atoms. The van der Waals surface area contributed by atoms with Crippen molar-refractivity contribution in [1.82, 2.24) is 0 Å². The minimum atomic E-state index is -1.16. The van der Waals surface area contributed by atoms with Gasteiger partial charge in [-0.05, 0) is 23.3 Å². The molecule has 1 aromatic rings. The lowest BCUT2D eigenvalue weighted by Crippen LogP contribution is -2.33. The number of fused-ring (bicyclic) bond motifs is 6. The van der Waals surface area contributed by atoms with Crippen molar-refractivity contribution in [2.75, 3.05) is 6.79 Å². The van der Waals surface area contributed by atoms with Gasteiger partial charge in [0, 0.05) is 0 Å². The molecule has 1 aromatic carbocycles. The molecule has 1 fully saturated rings. The number of rotatable bonds is 2. The van der Waals surface area contributed by atoms with Crippen LogP contribution in [0.5, 0.6) is 11.5 Å². The van der Waals surface area contributed by atoms with Gasteiger partial charge in [0.1, 0.15) is 11.8 Å². The van der Waals surface area contributed by atoms with Gasteiger partial charge < -0.3 is 24.4 Å². The smallest absolute Gasteiger partial charge is 0.310 e. The van der Waals surface area contributed by atoms with Crippen LogP contribution in [0.3, 0.4) is 0 Å². The summed E-state index contributed by atoms with van der Waals surface area (Å²) in [6.07, 6.45) is -1.49. The summed E-state index contributed by atoms with van der Waals surface area (Å²) < 4.78 is 16.1. The van der Waals surface area contributed by atoms with E-state index >= 15 is 0 Å². The van der Waals surface area contributed by atoms with E-state index < -0.39 is 36.0 Å². The third kappa shape index (κ3) is 1.27. The minimum absolute atomic E-state index is 0.110. The summed E-state index contributed by atoms with van der Waals surface area (Å²) in [5, 5.41) is 18.5. The summed E-state index contributed by atoms with van der Waals surface area (Å²) in [5.41, 5.74) is 1.37. The van der Waals surface area contributed by atoms with E-state index in [1.54, 1.807) is 12.1 Å². The molecule has 0 radical (unpaired) electrons. The second-order valence-electron chi connectivity index (χ2n) is 5.04. The molecule has 0 aliphatic carbocycles. The van der Waals surface area contributed by atoms with E-state index in [9.17, 15) is 19.8 Å². The third-order valence-corrected chi connectivity index (χ3v) is 4.09. The van der Waals surface area contributed by atoms with E-state index in [-0.39, 0.29) is 6.79 Å². The molecule has 0 aromatic heterocycles. The first-order chi connectivity index (χ1) is 9.58. The van der Waals surface area contributed by atoms with Gasteiger partial charge in [0.05, 0.1) is 12.2 Å². The molecule has 4 atom stereocenters. The van der Waals surface area contributed by atoms with Crippen LogP contribution < -0.4 is 9.47 Å². The van der Waals surface area contributed by atoms with E-state index in [1.807, 2.05) is 0 Å². The van der Waals surface area contributed by atoms with Gasteiger partial charge in [0.15, 0.2) is 11.5 Å². The van der Waals surface area contributed by atoms with Crippen LogP contribution in [0, 0.1) is 11.8 Å². The van der Waals surface area contributed by atoms with Gasteiger partial charge in [0.2, 0.25) is 6.79 Å². The van der Waals surface area contributed by atoms with Crippen LogP contribution in [0.25, 0.3) is 0 Å². The van der Waals surface area contributed by atoms with Gasteiger partial charge in [-0.1, -0.05) is 0 Å². The average Bonchev–Trinajstić information content (AvgIpc) is 3.07. The van der Waals surface area contributed by atoms with Crippen LogP contribution in [0.1, 0.15) is 23.3 Å². The van der Waals surface area contributed by atoms with E-state index in [4.69, 9.17) is 14.2 Å². The number of benzene rings is 1. The molecule has 2 N–H and O–H groups in total. The van der Waals surface area contributed by atoms with Gasteiger partial charge in [-0.3, -0.25) is 9.59 Å². The molecule has 3 aliphatic heterocycles. The van der Waals surface area contributed by atoms with Crippen molar-refractivity contribution in [1.29, 1.82) is 0 Å².